The number of para-hydroxylation sites is 1. The quantitative estimate of drug-likeness (QED) is 0.314. The summed E-state index contributed by atoms with van der Waals surface area (Å²) in [5.41, 5.74) is 1.64. The Morgan fingerprint density at radius 3 is 2.52 bits per heavy atom. The van der Waals surface area contributed by atoms with Crippen LogP contribution in [0.4, 0.5) is 11.6 Å². The Bertz CT molecular complexity index is 872. The first-order chi connectivity index (χ1) is 11.9. The highest BCUT2D eigenvalue weighted by Gasteiger charge is 2.17. The van der Waals surface area contributed by atoms with Gasteiger partial charge in [-0.1, -0.05) is 12.1 Å². The summed E-state index contributed by atoms with van der Waals surface area (Å²) in [4.78, 5) is 44.0. The van der Waals surface area contributed by atoms with Crippen LogP contribution in [0.3, 0.4) is 0 Å². The first kappa shape index (κ1) is 17.3. The zero-order chi connectivity index (χ0) is 18.4. The van der Waals surface area contributed by atoms with Crippen molar-refractivity contribution < 1.29 is 28.8 Å². The number of nitrogens with zero attached hydrogens (tertiary/aromatic N) is 2. The van der Waals surface area contributed by atoms with Gasteiger partial charge in [0.2, 0.25) is 0 Å². The van der Waals surface area contributed by atoms with Gasteiger partial charge in [-0.05, 0) is 18.2 Å². The van der Waals surface area contributed by atoms with Crippen LogP contribution in [0, 0.1) is 10.1 Å². The van der Waals surface area contributed by atoms with E-state index in [1.165, 1.54) is 30.3 Å². The molecule has 2 aromatic rings. The van der Waals surface area contributed by atoms with Crippen LogP contribution in [0.1, 0.15) is 16.1 Å². The predicted molar refractivity (Wildman–Crippen MR) is 83.1 cm³/mol. The minimum absolute atomic E-state index is 0.0105. The fourth-order valence-corrected chi connectivity index (χ4v) is 1.67. The standard InChI is InChI=1S/C14H10N4O7/c19-12(16-10-4-2-1-3-9(10)14(21)22)13(20)17-15-7-8-5-6-11(25-8)18(23)24/h1-7H,(H,16,19)(H,17,20)(H,21,22). The third kappa shape index (κ3) is 4.48. The smallest absolute Gasteiger partial charge is 0.433 e. The molecule has 25 heavy (non-hydrogen) atoms. The SMILES string of the molecule is O=C(NN=Cc1ccc([N+](=O)[O-])o1)C(=O)Nc1ccccc1C(=O)O. The van der Waals surface area contributed by atoms with Crippen LogP contribution in [0.5, 0.6) is 0 Å². The number of furan rings is 1. The molecule has 0 aliphatic rings. The van der Waals surface area contributed by atoms with Gasteiger partial charge in [-0.2, -0.15) is 5.10 Å². The molecule has 2 rings (SSSR count). The van der Waals surface area contributed by atoms with Crippen LogP contribution >= 0.6 is 0 Å². The van der Waals surface area contributed by atoms with Gasteiger partial charge in [0.15, 0.2) is 5.76 Å². The number of anilines is 1. The molecule has 0 aliphatic carbocycles. The van der Waals surface area contributed by atoms with Crippen LogP contribution < -0.4 is 10.7 Å². The molecule has 11 nitrogen and oxygen atoms in total. The lowest BCUT2D eigenvalue weighted by molar-refractivity contribution is -0.402. The fourth-order valence-electron chi connectivity index (χ4n) is 1.67. The Balaban J connectivity index is 1.96. The van der Waals surface area contributed by atoms with Crippen molar-refractivity contribution in [3.05, 3.63) is 57.8 Å². The Kier molecular flexibility index (Phi) is 5.20. The molecule has 128 valence electrons. The van der Waals surface area contributed by atoms with Crippen molar-refractivity contribution in [1.82, 2.24) is 5.43 Å². The lowest BCUT2D eigenvalue weighted by Gasteiger charge is -2.06. The van der Waals surface area contributed by atoms with Gasteiger partial charge >= 0.3 is 23.7 Å². The molecule has 1 aromatic carbocycles. The number of hydrogen-bond donors (Lipinski definition) is 3. The van der Waals surface area contributed by atoms with Crippen LogP contribution in [-0.2, 0) is 9.59 Å². The van der Waals surface area contributed by atoms with Crippen LogP contribution in [-0.4, -0.2) is 34.0 Å². The van der Waals surface area contributed by atoms with Crippen molar-refractivity contribution in [2.45, 2.75) is 0 Å². The normalized spacial score (nSPS) is 10.4. The number of hydrazone groups is 1. The second-order valence-corrected chi connectivity index (χ2v) is 4.44. The van der Waals surface area contributed by atoms with Crippen LogP contribution in [0.25, 0.3) is 0 Å². The maximum atomic E-state index is 11.7. The molecular weight excluding hydrogens is 336 g/mol. The molecule has 0 aliphatic heterocycles. The van der Waals surface area contributed by atoms with E-state index in [0.717, 1.165) is 12.3 Å². The molecule has 0 spiro atoms. The largest absolute Gasteiger partial charge is 0.478 e. The zero-order valence-electron chi connectivity index (χ0n) is 12.3. The second-order valence-electron chi connectivity index (χ2n) is 4.44. The van der Waals surface area contributed by atoms with Crippen molar-refractivity contribution in [2.75, 3.05) is 5.32 Å². The van der Waals surface area contributed by atoms with Gasteiger partial charge in [0, 0.05) is 0 Å². The first-order valence-electron chi connectivity index (χ1n) is 6.59. The number of nitrogens with one attached hydrogen (secondary N) is 2. The van der Waals surface area contributed by atoms with Gasteiger partial charge < -0.3 is 14.8 Å². The monoisotopic (exact) mass is 346 g/mol. The third-order valence-electron chi connectivity index (χ3n) is 2.76. The average molecular weight is 346 g/mol. The van der Waals surface area contributed by atoms with Gasteiger partial charge in [0.1, 0.15) is 4.92 Å². The maximum absolute atomic E-state index is 11.7. The number of carboxylic acids is 1. The lowest BCUT2D eigenvalue weighted by atomic mass is 10.2. The van der Waals surface area contributed by atoms with Crippen molar-refractivity contribution in [1.29, 1.82) is 0 Å². The lowest BCUT2D eigenvalue weighted by Crippen LogP contribution is -2.32. The van der Waals surface area contributed by atoms with E-state index < -0.39 is 28.6 Å². The number of carbonyl (C=O) groups is 3. The van der Waals surface area contributed by atoms with Gasteiger partial charge in [0.05, 0.1) is 23.5 Å². The van der Waals surface area contributed by atoms with Gasteiger partial charge in [-0.3, -0.25) is 19.7 Å². The summed E-state index contributed by atoms with van der Waals surface area (Å²) in [7, 11) is 0. The average Bonchev–Trinajstić information content (AvgIpc) is 3.04. The highest BCUT2D eigenvalue weighted by Crippen LogP contribution is 2.15. The van der Waals surface area contributed by atoms with E-state index in [1.54, 1.807) is 0 Å². The Morgan fingerprint density at radius 1 is 1.16 bits per heavy atom. The highest BCUT2D eigenvalue weighted by atomic mass is 16.6. The Hall–Kier alpha value is -4.02. The number of amides is 2. The molecule has 0 radical (unpaired) electrons. The van der Waals surface area contributed by atoms with E-state index in [-0.39, 0.29) is 17.0 Å². The van der Waals surface area contributed by atoms with Crippen molar-refractivity contribution >= 4 is 35.6 Å². The summed E-state index contributed by atoms with van der Waals surface area (Å²) in [6.07, 6.45) is 0.962. The molecule has 0 fully saturated rings. The Labute approximate surface area is 139 Å². The molecule has 1 heterocycles. The fraction of sp³-hybridized carbons (Fsp3) is 0. The first-order valence-corrected chi connectivity index (χ1v) is 6.59. The predicted octanol–water partition coefficient (Wildman–Crippen LogP) is 0.975. The van der Waals surface area contributed by atoms with E-state index in [1.807, 2.05) is 5.43 Å². The molecule has 2 amide bonds. The van der Waals surface area contributed by atoms with E-state index in [4.69, 9.17) is 9.52 Å². The highest BCUT2D eigenvalue weighted by molar-refractivity contribution is 6.39. The van der Waals surface area contributed by atoms with Crippen molar-refractivity contribution in [3.63, 3.8) is 0 Å². The summed E-state index contributed by atoms with van der Waals surface area (Å²) < 4.78 is 4.76. The summed E-state index contributed by atoms with van der Waals surface area (Å²) in [6, 6.07) is 7.88. The molecule has 11 heteroatoms. The molecule has 1 aromatic heterocycles. The molecule has 3 N–H and O–H groups in total. The summed E-state index contributed by atoms with van der Waals surface area (Å²) in [5.74, 6) is -4.10. The molecule has 0 bridgehead atoms. The topological polar surface area (TPSA) is 164 Å². The molecule has 0 saturated heterocycles. The van der Waals surface area contributed by atoms with Gasteiger partial charge in [-0.15, -0.1) is 0 Å². The van der Waals surface area contributed by atoms with Gasteiger partial charge in [0.25, 0.3) is 0 Å². The number of aromatic carboxylic acids is 1. The third-order valence-corrected chi connectivity index (χ3v) is 2.76. The van der Waals surface area contributed by atoms with Crippen molar-refractivity contribution in [3.8, 4) is 0 Å². The summed E-state index contributed by atoms with van der Waals surface area (Å²) >= 11 is 0. The summed E-state index contributed by atoms with van der Waals surface area (Å²) in [5, 5.41) is 25.0. The molecular formula is C14H10N4O7. The molecule has 0 unspecified atom stereocenters. The van der Waals surface area contributed by atoms with Crippen LogP contribution in [0.2, 0.25) is 0 Å². The van der Waals surface area contributed by atoms with E-state index in [9.17, 15) is 24.5 Å². The second kappa shape index (κ2) is 7.50. The van der Waals surface area contributed by atoms with E-state index >= 15 is 0 Å². The minimum Gasteiger partial charge on any atom is -0.478 e. The van der Waals surface area contributed by atoms with Crippen molar-refractivity contribution in [2.24, 2.45) is 5.10 Å². The summed E-state index contributed by atoms with van der Waals surface area (Å²) in [6.45, 7) is 0. The number of carbonyl (C=O) groups excluding carboxylic acids is 2. The number of carboxylic acid groups (broad SMARTS) is 1. The molecule has 0 atom stereocenters. The number of rotatable bonds is 5. The number of nitro groups is 1. The van der Waals surface area contributed by atoms with Crippen LogP contribution in [0.15, 0.2) is 45.9 Å². The minimum atomic E-state index is -1.27. The number of hydrogen-bond acceptors (Lipinski definition) is 7. The zero-order valence-corrected chi connectivity index (χ0v) is 12.3. The number of benzene rings is 1. The van der Waals surface area contributed by atoms with E-state index in [2.05, 4.69) is 10.4 Å². The van der Waals surface area contributed by atoms with E-state index in [0.29, 0.717) is 0 Å². The maximum Gasteiger partial charge on any atom is 0.433 e. The van der Waals surface area contributed by atoms with Gasteiger partial charge in [-0.25, -0.2) is 10.2 Å². The molecule has 0 saturated carbocycles. The Morgan fingerprint density at radius 2 is 1.88 bits per heavy atom.